The van der Waals surface area contributed by atoms with Gasteiger partial charge in [-0.2, -0.15) is 0 Å². The van der Waals surface area contributed by atoms with E-state index in [0.717, 1.165) is 51.3 Å². The molecule has 6 heteroatoms. The van der Waals surface area contributed by atoms with Crippen molar-refractivity contribution in [3.8, 4) is 0 Å². The van der Waals surface area contributed by atoms with Gasteiger partial charge >= 0.3 is 0 Å². The predicted molar refractivity (Wildman–Crippen MR) is 125 cm³/mol. The first-order chi connectivity index (χ1) is 12.7. The molecule has 0 atom stereocenters. The molecule has 0 amide bonds. The van der Waals surface area contributed by atoms with Crippen LogP contribution in [0.15, 0.2) is 35.3 Å². The van der Waals surface area contributed by atoms with E-state index in [4.69, 9.17) is 9.47 Å². The van der Waals surface area contributed by atoms with E-state index in [9.17, 15) is 0 Å². The summed E-state index contributed by atoms with van der Waals surface area (Å²) in [5, 5.41) is 6.92. The van der Waals surface area contributed by atoms with Gasteiger partial charge in [0.1, 0.15) is 0 Å². The Bertz CT molecular complexity index is 493. The number of methoxy groups -OCH3 is 1. The van der Waals surface area contributed by atoms with Gasteiger partial charge in [0.25, 0.3) is 0 Å². The maximum absolute atomic E-state index is 5.48. The summed E-state index contributed by atoms with van der Waals surface area (Å²) in [4.78, 5) is 4.36. The SMILES string of the molecule is CCC(CC)(CNC(=NC)NCCCCOCCOC)c1ccccc1.I. The van der Waals surface area contributed by atoms with E-state index >= 15 is 0 Å². The zero-order chi connectivity index (χ0) is 19.1. The van der Waals surface area contributed by atoms with Crippen LogP contribution in [0, 0.1) is 0 Å². The van der Waals surface area contributed by atoms with Gasteiger partial charge < -0.3 is 20.1 Å². The maximum atomic E-state index is 5.48. The number of guanidine groups is 1. The number of rotatable bonds is 13. The molecular formula is C21H38IN3O2. The molecule has 0 aliphatic rings. The highest BCUT2D eigenvalue weighted by Gasteiger charge is 2.28. The summed E-state index contributed by atoms with van der Waals surface area (Å²) < 4.78 is 10.4. The highest BCUT2D eigenvalue weighted by Crippen LogP contribution is 2.30. The number of ether oxygens (including phenoxy) is 2. The van der Waals surface area contributed by atoms with Crippen LogP contribution < -0.4 is 10.6 Å². The minimum Gasteiger partial charge on any atom is -0.382 e. The summed E-state index contributed by atoms with van der Waals surface area (Å²) in [6, 6.07) is 10.8. The van der Waals surface area contributed by atoms with E-state index in [2.05, 4.69) is 59.8 Å². The molecule has 2 N–H and O–H groups in total. The van der Waals surface area contributed by atoms with Crippen LogP contribution in [0.2, 0.25) is 0 Å². The Kier molecular flexibility index (Phi) is 15.6. The van der Waals surface area contributed by atoms with Crippen LogP contribution in [0.4, 0.5) is 0 Å². The van der Waals surface area contributed by atoms with E-state index in [1.165, 1.54) is 5.56 Å². The molecule has 0 heterocycles. The lowest BCUT2D eigenvalue weighted by Crippen LogP contribution is -2.45. The van der Waals surface area contributed by atoms with Crippen LogP contribution in [-0.2, 0) is 14.9 Å². The van der Waals surface area contributed by atoms with Crippen molar-refractivity contribution in [2.45, 2.75) is 44.9 Å². The lowest BCUT2D eigenvalue weighted by atomic mass is 9.76. The number of unbranched alkanes of at least 4 members (excludes halogenated alkanes) is 1. The summed E-state index contributed by atoms with van der Waals surface area (Å²) in [5.74, 6) is 0.868. The minimum atomic E-state index is 0. The fourth-order valence-corrected chi connectivity index (χ4v) is 3.06. The largest absolute Gasteiger partial charge is 0.382 e. The van der Waals surface area contributed by atoms with Crippen LogP contribution in [0.5, 0.6) is 0 Å². The van der Waals surface area contributed by atoms with Crippen molar-refractivity contribution < 1.29 is 9.47 Å². The van der Waals surface area contributed by atoms with Gasteiger partial charge in [-0.25, -0.2) is 0 Å². The smallest absolute Gasteiger partial charge is 0.191 e. The van der Waals surface area contributed by atoms with Crippen molar-refractivity contribution in [3.05, 3.63) is 35.9 Å². The van der Waals surface area contributed by atoms with Gasteiger partial charge in [-0.05, 0) is 31.2 Å². The molecule has 1 rings (SSSR count). The molecule has 0 unspecified atom stereocenters. The summed E-state index contributed by atoms with van der Waals surface area (Å²) >= 11 is 0. The third-order valence-electron chi connectivity index (χ3n) is 5.00. The van der Waals surface area contributed by atoms with Crippen molar-refractivity contribution in [1.82, 2.24) is 10.6 Å². The minimum absolute atomic E-state index is 0. The van der Waals surface area contributed by atoms with Crippen molar-refractivity contribution in [2.24, 2.45) is 4.99 Å². The number of nitrogens with one attached hydrogen (secondary N) is 2. The summed E-state index contributed by atoms with van der Waals surface area (Å²) in [5.41, 5.74) is 1.52. The predicted octanol–water partition coefficient (Wildman–Crippen LogP) is 3.97. The van der Waals surface area contributed by atoms with Crippen LogP contribution >= 0.6 is 24.0 Å². The number of halogens is 1. The van der Waals surface area contributed by atoms with E-state index in [0.29, 0.717) is 13.2 Å². The van der Waals surface area contributed by atoms with Crippen molar-refractivity contribution >= 4 is 29.9 Å². The average molecular weight is 491 g/mol. The van der Waals surface area contributed by atoms with Gasteiger partial charge in [-0.1, -0.05) is 44.2 Å². The molecule has 0 aliphatic carbocycles. The average Bonchev–Trinajstić information content (AvgIpc) is 2.70. The summed E-state index contributed by atoms with van der Waals surface area (Å²) in [6.07, 6.45) is 4.28. The van der Waals surface area contributed by atoms with Crippen LogP contribution in [0.25, 0.3) is 0 Å². The monoisotopic (exact) mass is 491 g/mol. The molecule has 156 valence electrons. The molecule has 1 aromatic carbocycles. The van der Waals surface area contributed by atoms with E-state index < -0.39 is 0 Å². The maximum Gasteiger partial charge on any atom is 0.191 e. The lowest BCUT2D eigenvalue weighted by molar-refractivity contribution is 0.0689. The van der Waals surface area contributed by atoms with Crippen LogP contribution in [0.3, 0.4) is 0 Å². The Morgan fingerprint density at radius 2 is 1.70 bits per heavy atom. The number of aliphatic imine (C=N–C) groups is 1. The van der Waals surface area contributed by atoms with Crippen molar-refractivity contribution in [3.63, 3.8) is 0 Å². The number of hydrogen-bond acceptors (Lipinski definition) is 3. The molecular weight excluding hydrogens is 453 g/mol. The molecule has 0 fully saturated rings. The normalized spacial score (nSPS) is 11.8. The van der Waals surface area contributed by atoms with Crippen LogP contribution in [0.1, 0.15) is 45.1 Å². The zero-order valence-corrected chi connectivity index (χ0v) is 19.8. The first-order valence-electron chi connectivity index (χ1n) is 9.79. The fraction of sp³-hybridized carbons (Fsp3) is 0.667. The van der Waals surface area contributed by atoms with E-state index in [1.807, 2.05) is 7.05 Å². The Hall–Kier alpha value is -0.860. The Labute approximate surface area is 182 Å². The molecule has 1 aromatic rings. The molecule has 0 saturated carbocycles. The lowest BCUT2D eigenvalue weighted by Gasteiger charge is -2.33. The van der Waals surface area contributed by atoms with Gasteiger partial charge in [0.15, 0.2) is 5.96 Å². The van der Waals surface area contributed by atoms with Gasteiger partial charge in [-0.3, -0.25) is 4.99 Å². The third-order valence-corrected chi connectivity index (χ3v) is 5.00. The quantitative estimate of drug-likeness (QED) is 0.190. The molecule has 0 spiro atoms. The summed E-state index contributed by atoms with van der Waals surface area (Å²) in [7, 11) is 3.51. The highest BCUT2D eigenvalue weighted by atomic mass is 127. The van der Waals surface area contributed by atoms with E-state index in [-0.39, 0.29) is 29.4 Å². The molecule has 0 aromatic heterocycles. The number of hydrogen-bond donors (Lipinski definition) is 2. The van der Waals surface area contributed by atoms with Crippen molar-refractivity contribution in [1.29, 1.82) is 0 Å². The van der Waals surface area contributed by atoms with Gasteiger partial charge in [0.05, 0.1) is 13.2 Å². The van der Waals surface area contributed by atoms with Gasteiger partial charge in [-0.15, -0.1) is 24.0 Å². The molecule has 27 heavy (non-hydrogen) atoms. The number of benzene rings is 1. The first kappa shape index (κ1) is 26.1. The summed E-state index contributed by atoms with van der Waals surface area (Å²) in [6.45, 7) is 8.40. The Morgan fingerprint density at radius 1 is 1.00 bits per heavy atom. The first-order valence-corrected chi connectivity index (χ1v) is 9.79. The topological polar surface area (TPSA) is 54.9 Å². The third kappa shape index (κ3) is 9.76. The Balaban J connectivity index is 0.00000676. The molecule has 0 saturated heterocycles. The standard InChI is InChI=1S/C21H37N3O2.HI/c1-5-21(6-2,19-12-8-7-9-13-19)18-24-20(22-3)23-14-10-11-15-26-17-16-25-4;/h7-9,12-13H,5-6,10-11,14-18H2,1-4H3,(H2,22,23,24);1H. The van der Waals surface area contributed by atoms with Crippen LogP contribution in [-0.4, -0.2) is 53.0 Å². The zero-order valence-electron chi connectivity index (χ0n) is 17.4. The van der Waals surface area contributed by atoms with Crippen molar-refractivity contribution in [2.75, 3.05) is 47.1 Å². The molecule has 5 nitrogen and oxygen atoms in total. The highest BCUT2D eigenvalue weighted by molar-refractivity contribution is 14.0. The molecule has 0 radical (unpaired) electrons. The number of nitrogens with zero attached hydrogens (tertiary/aromatic N) is 1. The second-order valence-corrected chi connectivity index (χ2v) is 6.52. The Morgan fingerprint density at radius 3 is 2.30 bits per heavy atom. The van der Waals surface area contributed by atoms with Gasteiger partial charge in [0, 0.05) is 39.3 Å². The van der Waals surface area contributed by atoms with Gasteiger partial charge in [0.2, 0.25) is 0 Å². The fourth-order valence-electron chi connectivity index (χ4n) is 3.06. The molecule has 0 bridgehead atoms. The molecule has 0 aliphatic heterocycles. The second kappa shape index (κ2) is 16.1. The van der Waals surface area contributed by atoms with E-state index in [1.54, 1.807) is 7.11 Å². The second-order valence-electron chi connectivity index (χ2n) is 6.52.